The molecule has 180 valence electrons. The number of nitrogen functional groups attached to an aromatic ring is 1. The number of amides is 2. The van der Waals surface area contributed by atoms with Gasteiger partial charge in [-0.25, -0.2) is 13.9 Å². The zero-order valence-electron chi connectivity index (χ0n) is 18.8. The Hall–Kier alpha value is -3.60. The number of carbonyl (C=O) groups is 2. The minimum atomic E-state index is -1.48. The first-order valence-corrected chi connectivity index (χ1v) is 13.1. The van der Waals surface area contributed by atoms with E-state index in [-0.39, 0.29) is 18.2 Å². The summed E-state index contributed by atoms with van der Waals surface area (Å²) in [5, 5.41) is 5.88. The molecule has 0 saturated carbocycles. The molecule has 4 aromatic rings. The first kappa shape index (κ1) is 24.5. The second-order valence-corrected chi connectivity index (χ2v) is 10.1. The molecule has 0 aliphatic heterocycles. The highest BCUT2D eigenvalue weighted by Crippen LogP contribution is 2.26. The van der Waals surface area contributed by atoms with Crippen molar-refractivity contribution in [1.82, 2.24) is 15.0 Å². The summed E-state index contributed by atoms with van der Waals surface area (Å²) >= 11 is 1.33. The van der Waals surface area contributed by atoms with Crippen molar-refractivity contribution < 1.29 is 13.8 Å². The summed E-state index contributed by atoms with van der Waals surface area (Å²) in [6, 6.07) is 23.4. The Balaban J connectivity index is 1.36. The molecule has 0 saturated heterocycles. The van der Waals surface area contributed by atoms with Crippen LogP contribution in [0.25, 0.3) is 10.2 Å². The second-order valence-electron chi connectivity index (χ2n) is 7.84. The van der Waals surface area contributed by atoms with Crippen molar-refractivity contribution in [2.75, 3.05) is 17.6 Å². The van der Waals surface area contributed by atoms with Crippen molar-refractivity contribution in [3.05, 3.63) is 90.0 Å². The van der Waals surface area contributed by atoms with Crippen LogP contribution >= 0.6 is 11.3 Å². The Labute approximate surface area is 209 Å². The van der Waals surface area contributed by atoms with Crippen molar-refractivity contribution in [3.63, 3.8) is 0 Å². The summed E-state index contributed by atoms with van der Waals surface area (Å²) in [7, 11) is -1.48. The number of thiazole rings is 1. The maximum atomic E-state index is 13.0. The Kier molecular flexibility index (Phi) is 8.19. The van der Waals surface area contributed by atoms with Crippen LogP contribution in [0.1, 0.15) is 11.1 Å². The molecule has 0 aliphatic rings. The fraction of sp³-hybridized carbons (Fsp3) is 0.160. The first-order valence-electron chi connectivity index (χ1n) is 10.9. The summed E-state index contributed by atoms with van der Waals surface area (Å²) in [5.74, 6) is -0.514. The summed E-state index contributed by atoms with van der Waals surface area (Å²) < 4.78 is 16.5. The van der Waals surface area contributed by atoms with E-state index in [0.29, 0.717) is 17.2 Å². The molecule has 3 aromatic carbocycles. The van der Waals surface area contributed by atoms with Gasteiger partial charge < -0.3 is 16.4 Å². The highest BCUT2D eigenvalue weighted by Gasteiger charge is 2.22. The Morgan fingerprint density at radius 1 is 0.971 bits per heavy atom. The van der Waals surface area contributed by atoms with Gasteiger partial charge in [0.2, 0.25) is 11.8 Å². The highest BCUT2D eigenvalue weighted by molar-refractivity contribution is 7.82. The number of carbonyl (C=O) groups excluding carboxylic acids is 2. The highest BCUT2D eigenvalue weighted by atomic mass is 32.2. The molecule has 0 fully saturated rings. The Morgan fingerprint density at radius 3 is 2.37 bits per heavy atom. The van der Waals surface area contributed by atoms with Crippen molar-refractivity contribution in [2.45, 2.75) is 18.2 Å². The van der Waals surface area contributed by atoms with Crippen LogP contribution in [0.2, 0.25) is 0 Å². The molecular weight excluding hydrogens is 482 g/mol. The van der Waals surface area contributed by atoms with Crippen LogP contribution in [-0.2, 0) is 32.7 Å². The summed E-state index contributed by atoms with van der Waals surface area (Å²) in [6.45, 7) is -0.222. The van der Waals surface area contributed by atoms with Gasteiger partial charge in [0.1, 0.15) is 6.04 Å². The van der Waals surface area contributed by atoms with Gasteiger partial charge in [-0.15, -0.1) is 0 Å². The van der Waals surface area contributed by atoms with E-state index in [1.165, 1.54) is 11.3 Å². The van der Waals surface area contributed by atoms with E-state index in [4.69, 9.17) is 5.73 Å². The van der Waals surface area contributed by atoms with Gasteiger partial charge in [0, 0.05) is 5.69 Å². The van der Waals surface area contributed by atoms with Crippen LogP contribution in [0.15, 0.2) is 78.9 Å². The number of rotatable bonds is 10. The minimum absolute atomic E-state index is 0.222. The van der Waals surface area contributed by atoms with Gasteiger partial charge in [-0.05, 0) is 35.7 Å². The molecule has 2 amide bonds. The fourth-order valence-corrected chi connectivity index (χ4v) is 5.34. The largest absolute Gasteiger partial charge is 0.375 e. The van der Waals surface area contributed by atoms with Crippen molar-refractivity contribution in [3.8, 4) is 0 Å². The molecule has 0 radical (unpaired) electrons. The lowest BCUT2D eigenvalue weighted by Gasteiger charge is -2.18. The Morgan fingerprint density at radius 2 is 1.66 bits per heavy atom. The van der Waals surface area contributed by atoms with E-state index in [0.717, 1.165) is 21.3 Å². The van der Waals surface area contributed by atoms with E-state index < -0.39 is 22.9 Å². The molecule has 35 heavy (non-hydrogen) atoms. The van der Waals surface area contributed by atoms with Crippen LogP contribution in [-0.4, -0.2) is 33.6 Å². The van der Waals surface area contributed by atoms with Crippen LogP contribution in [0, 0.1) is 0 Å². The summed E-state index contributed by atoms with van der Waals surface area (Å²) in [5.41, 5.74) is 8.89. The summed E-state index contributed by atoms with van der Waals surface area (Å²) in [4.78, 5) is 29.6. The molecule has 1 heterocycles. The standard InChI is InChI=1S/C25H25N5O3S2/c26-25-29-20-12-11-19(14-22(20)34-25)28-23(31)15-27-24(32)21(13-17-7-3-1-4-8-17)30-35(33)16-18-9-5-2-6-10-18/h1-12,14,21,30H,13,15-16H2,(H2,26,29)(H,27,32)(H,28,31)/t21-,35?/m1/s1. The monoisotopic (exact) mass is 507 g/mol. The van der Waals surface area contributed by atoms with Crippen LogP contribution in [0.3, 0.4) is 0 Å². The smallest absolute Gasteiger partial charge is 0.243 e. The molecule has 5 N–H and O–H groups in total. The average Bonchev–Trinajstić information content (AvgIpc) is 3.22. The fourth-order valence-electron chi connectivity index (χ4n) is 3.48. The molecule has 10 heteroatoms. The lowest BCUT2D eigenvalue weighted by molar-refractivity contribution is -0.125. The van der Waals surface area contributed by atoms with E-state index in [1.54, 1.807) is 18.2 Å². The zero-order chi connectivity index (χ0) is 24.6. The molecule has 1 aromatic heterocycles. The number of anilines is 2. The number of benzene rings is 3. The van der Waals surface area contributed by atoms with E-state index in [9.17, 15) is 13.8 Å². The number of aromatic nitrogens is 1. The number of hydrogen-bond acceptors (Lipinski definition) is 6. The number of fused-ring (bicyclic) bond motifs is 1. The van der Waals surface area contributed by atoms with Crippen LogP contribution in [0.5, 0.6) is 0 Å². The lowest BCUT2D eigenvalue weighted by atomic mass is 10.1. The quantitative estimate of drug-likeness (QED) is 0.263. The summed E-state index contributed by atoms with van der Waals surface area (Å²) in [6.07, 6.45) is 0.332. The average molecular weight is 508 g/mol. The van der Waals surface area contributed by atoms with Gasteiger partial charge in [0.15, 0.2) is 5.13 Å². The van der Waals surface area contributed by atoms with Gasteiger partial charge in [-0.2, -0.15) is 0 Å². The molecule has 4 rings (SSSR count). The normalized spacial score (nSPS) is 12.7. The number of hydrogen-bond donors (Lipinski definition) is 4. The third kappa shape index (κ3) is 7.19. The Bertz CT molecular complexity index is 1330. The SMILES string of the molecule is Nc1nc2ccc(NC(=O)CNC(=O)[C@@H](Cc3ccccc3)NS(=O)Cc3ccccc3)cc2s1. The van der Waals surface area contributed by atoms with Crippen LogP contribution in [0.4, 0.5) is 10.8 Å². The van der Waals surface area contributed by atoms with Crippen molar-refractivity contribution >= 4 is 55.2 Å². The molecule has 1 unspecified atom stereocenters. The van der Waals surface area contributed by atoms with E-state index in [2.05, 4.69) is 20.3 Å². The number of nitrogens with one attached hydrogen (secondary N) is 3. The predicted octanol–water partition coefficient (Wildman–Crippen LogP) is 3.00. The molecular formula is C25H25N5O3S2. The van der Waals surface area contributed by atoms with Crippen molar-refractivity contribution in [2.24, 2.45) is 0 Å². The lowest BCUT2D eigenvalue weighted by Crippen LogP contribution is -2.48. The molecule has 0 spiro atoms. The number of nitrogens with zero attached hydrogens (tertiary/aromatic N) is 1. The van der Waals surface area contributed by atoms with Crippen molar-refractivity contribution in [1.29, 1.82) is 0 Å². The molecule has 0 bridgehead atoms. The molecule has 0 aliphatic carbocycles. The third-order valence-corrected chi connectivity index (χ3v) is 7.12. The molecule has 8 nitrogen and oxygen atoms in total. The van der Waals surface area contributed by atoms with E-state index >= 15 is 0 Å². The molecule has 2 atom stereocenters. The van der Waals surface area contributed by atoms with Gasteiger partial charge in [0.05, 0.1) is 33.5 Å². The van der Waals surface area contributed by atoms with Crippen LogP contribution < -0.4 is 21.1 Å². The first-order chi connectivity index (χ1) is 17.0. The van der Waals surface area contributed by atoms with Gasteiger partial charge in [0.25, 0.3) is 0 Å². The van der Waals surface area contributed by atoms with Gasteiger partial charge in [-0.1, -0.05) is 72.0 Å². The predicted molar refractivity (Wildman–Crippen MR) is 141 cm³/mol. The maximum absolute atomic E-state index is 13.0. The topological polar surface area (TPSA) is 126 Å². The second kappa shape index (κ2) is 11.7. The number of nitrogens with two attached hydrogens (primary N) is 1. The van der Waals surface area contributed by atoms with Gasteiger partial charge in [-0.3, -0.25) is 9.59 Å². The van der Waals surface area contributed by atoms with E-state index in [1.807, 2.05) is 60.7 Å². The third-order valence-electron chi connectivity index (χ3n) is 5.13. The minimum Gasteiger partial charge on any atom is -0.375 e. The van der Waals surface area contributed by atoms with Gasteiger partial charge >= 0.3 is 0 Å². The maximum Gasteiger partial charge on any atom is 0.243 e. The zero-order valence-corrected chi connectivity index (χ0v) is 20.4.